The van der Waals surface area contributed by atoms with Gasteiger partial charge in [0.05, 0.1) is 0 Å². The lowest BCUT2D eigenvalue weighted by Crippen LogP contribution is -2.56. The first-order valence-corrected chi connectivity index (χ1v) is 15.5. The van der Waals surface area contributed by atoms with Gasteiger partial charge in [-0.25, -0.2) is 11.0 Å². The van der Waals surface area contributed by atoms with Crippen LogP contribution in [0, 0.1) is 0 Å². The fourth-order valence-corrected chi connectivity index (χ4v) is 8.42. The zero-order valence-electron chi connectivity index (χ0n) is 17.0. The summed E-state index contributed by atoms with van der Waals surface area (Å²) in [5.41, 5.74) is 6.98. The topological polar surface area (TPSA) is 42.5 Å². The summed E-state index contributed by atoms with van der Waals surface area (Å²) < 4.78 is 12.7. The largest absolute Gasteiger partial charge is 0.345 e. The third-order valence-electron chi connectivity index (χ3n) is 6.49. The van der Waals surface area contributed by atoms with E-state index in [1.165, 1.54) is 61.9 Å². The van der Waals surface area contributed by atoms with E-state index in [0.29, 0.717) is 12.1 Å². The van der Waals surface area contributed by atoms with Gasteiger partial charge in [-0.2, -0.15) is 0 Å². The Balaban J connectivity index is 2.62. The van der Waals surface area contributed by atoms with Crippen molar-refractivity contribution in [3.8, 4) is 0 Å². The minimum Gasteiger partial charge on any atom is -0.345 e. The third kappa shape index (κ3) is 5.92. The molecule has 1 fully saturated rings. The van der Waals surface area contributed by atoms with Crippen LogP contribution in [-0.2, 0) is 9.05 Å². The van der Waals surface area contributed by atoms with Gasteiger partial charge in [0.1, 0.15) is 0 Å². The Morgan fingerprint density at radius 1 is 0.625 bits per heavy atom. The quantitative estimate of drug-likeness (QED) is 0.357. The molecule has 0 unspecified atom stereocenters. The molecule has 0 aromatic heterocycles. The van der Waals surface area contributed by atoms with Gasteiger partial charge in [0.25, 0.3) is 0 Å². The van der Waals surface area contributed by atoms with Crippen molar-refractivity contribution in [2.75, 3.05) is 0 Å². The highest BCUT2D eigenvalue weighted by molar-refractivity contribution is 6.73. The molecule has 1 aliphatic carbocycles. The van der Waals surface area contributed by atoms with Crippen molar-refractivity contribution in [3.63, 3.8) is 0 Å². The Bertz CT molecular complexity index is 288. The number of hydrogen-bond donors (Lipinski definition) is 2. The molecular weight excluding hydrogens is 332 g/mol. The maximum Gasteiger partial charge on any atom is 0.219 e. The average Bonchev–Trinajstić information content (AvgIpc) is 2.66. The lowest BCUT2D eigenvalue weighted by molar-refractivity contribution is 0.0469. The van der Waals surface area contributed by atoms with E-state index < -0.39 is 16.6 Å². The molecule has 0 aromatic rings. The normalized spacial score (nSPS) is 22.8. The molecule has 0 bridgehead atoms. The van der Waals surface area contributed by atoms with Crippen LogP contribution in [0.1, 0.15) is 67.2 Å². The van der Waals surface area contributed by atoms with Crippen molar-refractivity contribution in [2.45, 2.75) is 116 Å². The fraction of sp³-hybridized carbons (Fsp3) is 1.00. The number of rotatable bonds is 12. The molecule has 0 saturated heterocycles. The Hall–Kier alpha value is 0.274. The Morgan fingerprint density at radius 2 is 0.917 bits per heavy atom. The molecule has 2 N–H and O–H groups in total. The third-order valence-corrected chi connectivity index (χ3v) is 15.3. The predicted octanol–water partition coefficient (Wildman–Crippen LogP) is 5.35. The van der Waals surface area contributed by atoms with Crippen LogP contribution in [0.25, 0.3) is 0 Å². The van der Waals surface area contributed by atoms with Gasteiger partial charge in [-0.15, -0.1) is 0 Å². The molecule has 144 valence electrons. The van der Waals surface area contributed by atoms with Crippen molar-refractivity contribution in [2.24, 2.45) is 0 Å². The van der Waals surface area contributed by atoms with E-state index in [2.05, 4.69) is 52.5 Å². The summed E-state index contributed by atoms with van der Waals surface area (Å²) in [7, 11) is -3.16. The maximum atomic E-state index is 6.36. The van der Waals surface area contributed by atoms with Gasteiger partial charge >= 0.3 is 0 Å². The molecule has 1 aliphatic rings. The van der Waals surface area contributed by atoms with E-state index in [-0.39, 0.29) is 0 Å². The minimum absolute atomic E-state index is 0.382. The van der Waals surface area contributed by atoms with Crippen LogP contribution >= 0.6 is 0 Å². The molecule has 1 rings (SSSR count). The lowest BCUT2D eigenvalue weighted by atomic mass is 9.91. The van der Waals surface area contributed by atoms with Crippen LogP contribution in [-0.4, -0.2) is 28.7 Å². The molecule has 0 aromatic carbocycles. The average molecular weight is 375 g/mol. The summed E-state index contributed by atoms with van der Waals surface area (Å²) in [5.74, 6) is 0. The first-order valence-electron chi connectivity index (χ1n) is 10.4. The van der Waals surface area contributed by atoms with E-state index in [0.717, 1.165) is 0 Å². The molecule has 24 heavy (non-hydrogen) atoms. The molecule has 2 atom stereocenters. The summed E-state index contributed by atoms with van der Waals surface area (Å²) in [6, 6.07) is 7.88. The highest BCUT2D eigenvalue weighted by Gasteiger charge is 2.35. The van der Waals surface area contributed by atoms with Crippen molar-refractivity contribution < 1.29 is 9.05 Å². The van der Waals surface area contributed by atoms with Crippen molar-refractivity contribution >= 4 is 16.6 Å². The first kappa shape index (κ1) is 22.3. The second kappa shape index (κ2) is 11.1. The molecule has 1 saturated carbocycles. The van der Waals surface area contributed by atoms with E-state index in [1.54, 1.807) is 0 Å². The molecule has 0 aliphatic heterocycles. The first-order chi connectivity index (χ1) is 11.5. The maximum absolute atomic E-state index is 6.36. The van der Waals surface area contributed by atoms with Crippen molar-refractivity contribution in [1.82, 2.24) is 11.0 Å². The Labute approximate surface area is 152 Å². The molecular formula is C18H42N2O2Si2. The van der Waals surface area contributed by atoms with Crippen molar-refractivity contribution in [3.05, 3.63) is 0 Å². The molecule has 0 amide bonds. The smallest absolute Gasteiger partial charge is 0.219 e. The highest BCUT2D eigenvalue weighted by atomic mass is 28.4. The predicted molar refractivity (Wildman–Crippen MR) is 109 cm³/mol. The van der Waals surface area contributed by atoms with Gasteiger partial charge in [-0.1, -0.05) is 54.4 Å². The summed E-state index contributed by atoms with van der Waals surface area (Å²) in [5, 5.41) is 0. The fourth-order valence-electron chi connectivity index (χ4n) is 3.75. The highest BCUT2D eigenvalue weighted by Crippen LogP contribution is 2.25. The van der Waals surface area contributed by atoms with E-state index >= 15 is 0 Å². The van der Waals surface area contributed by atoms with E-state index in [9.17, 15) is 0 Å². The van der Waals surface area contributed by atoms with Gasteiger partial charge in [0.15, 0.2) is 0 Å². The summed E-state index contributed by atoms with van der Waals surface area (Å²) in [4.78, 5) is 0. The van der Waals surface area contributed by atoms with Gasteiger partial charge in [0, 0.05) is 12.1 Å². The molecule has 0 radical (unpaired) electrons. The van der Waals surface area contributed by atoms with Crippen molar-refractivity contribution in [1.29, 1.82) is 0 Å². The number of hydroxylamine groups is 2. The van der Waals surface area contributed by atoms with Crippen LogP contribution in [0.15, 0.2) is 0 Å². The molecule has 6 heteroatoms. The Kier molecular flexibility index (Phi) is 10.3. The lowest BCUT2D eigenvalue weighted by Gasteiger charge is -2.38. The monoisotopic (exact) mass is 374 g/mol. The Morgan fingerprint density at radius 3 is 1.17 bits per heavy atom. The summed E-state index contributed by atoms with van der Waals surface area (Å²) >= 11 is 0. The van der Waals surface area contributed by atoms with Gasteiger partial charge in [-0.05, 0) is 49.1 Å². The van der Waals surface area contributed by atoms with Gasteiger partial charge in [0.2, 0.25) is 16.6 Å². The SMILES string of the molecule is CC[Si](CC)(CC)ON[C@@H]1CCCC[C@H]1NO[Si](CC)(CC)CC. The summed E-state index contributed by atoms with van der Waals surface area (Å²) in [6.07, 6.45) is 4.94. The zero-order valence-corrected chi connectivity index (χ0v) is 19.0. The molecule has 4 nitrogen and oxygen atoms in total. The second-order valence-corrected chi connectivity index (χ2v) is 16.8. The van der Waals surface area contributed by atoms with Gasteiger partial charge in [-0.3, -0.25) is 0 Å². The summed E-state index contributed by atoms with van der Waals surface area (Å²) in [6.45, 7) is 13.7. The van der Waals surface area contributed by atoms with E-state index in [1.807, 2.05) is 0 Å². The zero-order chi connectivity index (χ0) is 18.1. The van der Waals surface area contributed by atoms with Crippen LogP contribution in [0.5, 0.6) is 0 Å². The second-order valence-electron chi connectivity index (χ2n) is 7.42. The minimum atomic E-state index is -1.58. The van der Waals surface area contributed by atoms with Gasteiger partial charge < -0.3 is 9.05 Å². The standard InChI is InChI=1S/C18H42N2O2Si2/c1-7-23(8-2,9-3)21-19-17-15-13-14-16-18(17)20-22-24(10-4,11-5)12-6/h17-20H,7-16H2,1-6H3/t17-,18-/m1/s1. The molecule has 0 spiro atoms. The van der Waals surface area contributed by atoms with Crippen LogP contribution in [0.3, 0.4) is 0 Å². The molecule has 0 heterocycles. The number of nitrogens with one attached hydrogen (secondary N) is 2. The van der Waals surface area contributed by atoms with Crippen LogP contribution < -0.4 is 11.0 Å². The van der Waals surface area contributed by atoms with Crippen LogP contribution in [0.2, 0.25) is 36.3 Å². The van der Waals surface area contributed by atoms with E-state index in [4.69, 9.17) is 9.05 Å². The number of hydrogen-bond acceptors (Lipinski definition) is 4. The van der Waals surface area contributed by atoms with Crippen LogP contribution in [0.4, 0.5) is 0 Å².